The number of aromatic nitrogens is 1. The van der Waals surface area contributed by atoms with Crippen LogP contribution in [-0.2, 0) is 11.3 Å². The monoisotopic (exact) mass is 300 g/mol. The number of hydrogen-bond donors (Lipinski definition) is 0. The van der Waals surface area contributed by atoms with Gasteiger partial charge in [-0.05, 0) is 44.9 Å². The maximum Gasteiger partial charge on any atom is 0.226 e. The fourth-order valence-corrected chi connectivity index (χ4v) is 3.06. The van der Waals surface area contributed by atoms with E-state index in [2.05, 4.69) is 24.0 Å². The molecule has 2 aromatic rings. The first kappa shape index (κ1) is 15.3. The zero-order chi connectivity index (χ0) is 15.5. The van der Waals surface area contributed by atoms with Crippen molar-refractivity contribution in [3.63, 3.8) is 0 Å². The molecule has 22 heavy (non-hydrogen) atoms. The predicted octanol–water partition coefficient (Wildman–Crippen LogP) is 3.57. The summed E-state index contributed by atoms with van der Waals surface area (Å²) in [4.78, 5) is 7.14. The van der Waals surface area contributed by atoms with Crippen molar-refractivity contribution in [1.29, 1.82) is 0 Å². The lowest BCUT2D eigenvalue weighted by molar-refractivity contribution is 0.0280. The summed E-state index contributed by atoms with van der Waals surface area (Å²) in [6.45, 7) is 7.00. The Balaban J connectivity index is 1.77. The first-order chi connectivity index (χ1) is 10.7. The fourth-order valence-electron chi connectivity index (χ4n) is 3.06. The Labute approximate surface area is 132 Å². The second-order valence-electron chi connectivity index (χ2n) is 6.07. The number of benzene rings is 1. The first-order valence-corrected chi connectivity index (χ1v) is 7.95. The van der Waals surface area contributed by atoms with E-state index in [1.807, 2.05) is 19.1 Å². The van der Waals surface area contributed by atoms with Crippen LogP contribution in [0.25, 0.3) is 11.5 Å². The van der Waals surface area contributed by atoms with Gasteiger partial charge >= 0.3 is 0 Å². The molecule has 0 N–H and O–H groups in total. The number of methoxy groups -OCH3 is 1. The standard InChI is InChI=1S/C18H24N2O2/c1-13-7-4-5-9-16(13)18-19-17(14(2)22-18)12-20-10-6-8-15(11-20)21-3/h4-5,7,9,15H,6,8,10-12H2,1-3H3/t15-/m0/s1. The summed E-state index contributed by atoms with van der Waals surface area (Å²) in [5.41, 5.74) is 3.30. The highest BCUT2D eigenvalue weighted by Gasteiger charge is 2.22. The predicted molar refractivity (Wildman–Crippen MR) is 86.7 cm³/mol. The first-order valence-electron chi connectivity index (χ1n) is 7.95. The summed E-state index contributed by atoms with van der Waals surface area (Å²) in [6, 6.07) is 8.21. The molecule has 0 amide bonds. The summed E-state index contributed by atoms with van der Waals surface area (Å²) in [5, 5.41) is 0. The van der Waals surface area contributed by atoms with E-state index in [4.69, 9.17) is 14.1 Å². The van der Waals surface area contributed by atoms with Gasteiger partial charge in [-0.3, -0.25) is 4.90 Å². The largest absolute Gasteiger partial charge is 0.441 e. The van der Waals surface area contributed by atoms with Crippen LogP contribution in [0.2, 0.25) is 0 Å². The molecular formula is C18H24N2O2. The van der Waals surface area contributed by atoms with E-state index in [9.17, 15) is 0 Å². The second kappa shape index (κ2) is 6.63. The number of oxazole rings is 1. The molecule has 1 aliphatic rings. The molecular weight excluding hydrogens is 276 g/mol. The Morgan fingerprint density at radius 3 is 2.91 bits per heavy atom. The van der Waals surface area contributed by atoms with Crippen molar-refractivity contribution in [3.8, 4) is 11.5 Å². The van der Waals surface area contributed by atoms with Crippen LogP contribution in [0.15, 0.2) is 28.7 Å². The molecule has 1 aromatic carbocycles. The normalized spacial score (nSPS) is 19.5. The summed E-state index contributed by atoms with van der Waals surface area (Å²) < 4.78 is 11.4. The molecule has 0 saturated carbocycles. The Morgan fingerprint density at radius 1 is 1.32 bits per heavy atom. The number of rotatable bonds is 4. The van der Waals surface area contributed by atoms with E-state index in [0.717, 1.165) is 49.0 Å². The molecule has 1 saturated heterocycles. The Morgan fingerprint density at radius 2 is 2.14 bits per heavy atom. The van der Waals surface area contributed by atoms with Gasteiger partial charge in [0.1, 0.15) is 5.76 Å². The smallest absolute Gasteiger partial charge is 0.226 e. The molecule has 118 valence electrons. The quantitative estimate of drug-likeness (QED) is 0.865. The lowest BCUT2D eigenvalue weighted by atomic mass is 10.1. The summed E-state index contributed by atoms with van der Waals surface area (Å²) in [7, 11) is 1.80. The average Bonchev–Trinajstić information content (AvgIpc) is 2.89. The van der Waals surface area contributed by atoms with Gasteiger partial charge in [-0.1, -0.05) is 18.2 Å². The van der Waals surface area contributed by atoms with Gasteiger partial charge in [-0.25, -0.2) is 4.98 Å². The molecule has 1 fully saturated rings. The van der Waals surface area contributed by atoms with E-state index < -0.39 is 0 Å². The van der Waals surface area contributed by atoms with Gasteiger partial charge in [0.25, 0.3) is 0 Å². The van der Waals surface area contributed by atoms with Crippen molar-refractivity contribution in [2.45, 2.75) is 39.3 Å². The van der Waals surface area contributed by atoms with E-state index in [-0.39, 0.29) is 0 Å². The van der Waals surface area contributed by atoms with E-state index in [0.29, 0.717) is 6.10 Å². The van der Waals surface area contributed by atoms with Gasteiger partial charge in [0.15, 0.2) is 0 Å². The average molecular weight is 300 g/mol. The number of ether oxygens (including phenoxy) is 1. The molecule has 4 nitrogen and oxygen atoms in total. The minimum atomic E-state index is 0.344. The van der Waals surface area contributed by atoms with Crippen molar-refractivity contribution >= 4 is 0 Å². The molecule has 0 bridgehead atoms. The van der Waals surface area contributed by atoms with E-state index >= 15 is 0 Å². The van der Waals surface area contributed by atoms with Crippen LogP contribution in [0.1, 0.15) is 29.9 Å². The van der Waals surface area contributed by atoms with Gasteiger partial charge in [0.2, 0.25) is 5.89 Å². The zero-order valence-electron chi connectivity index (χ0n) is 13.6. The molecule has 0 radical (unpaired) electrons. The van der Waals surface area contributed by atoms with Crippen LogP contribution in [0.4, 0.5) is 0 Å². The number of likely N-dealkylation sites (tertiary alicyclic amines) is 1. The maximum absolute atomic E-state index is 5.91. The second-order valence-corrected chi connectivity index (χ2v) is 6.07. The van der Waals surface area contributed by atoms with E-state index in [1.54, 1.807) is 7.11 Å². The SMILES string of the molecule is CO[C@H]1CCCN(Cc2nc(-c3ccccc3C)oc2C)C1. The van der Waals surface area contributed by atoms with Crippen LogP contribution in [-0.4, -0.2) is 36.2 Å². The molecule has 2 heterocycles. The Kier molecular flexibility index (Phi) is 4.60. The van der Waals surface area contributed by atoms with Crippen LogP contribution >= 0.6 is 0 Å². The van der Waals surface area contributed by atoms with Crippen molar-refractivity contribution in [3.05, 3.63) is 41.3 Å². The topological polar surface area (TPSA) is 38.5 Å². The van der Waals surface area contributed by atoms with Gasteiger partial charge < -0.3 is 9.15 Å². The Bertz CT molecular complexity index is 636. The number of nitrogens with zero attached hydrogens (tertiary/aromatic N) is 2. The summed E-state index contributed by atoms with van der Waals surface area (Å²) in [6.07, 6.45) is 2.68. The van der Waals surface area contributed by atoms with Gasteiger partial charge in [-0.15, -0.1) is 0 Å². The van der Waals surface area contributed by atoms with Crippen LogP contribution in [0.3, 0.4) is 0 Å². The highest BCUT2D eigenvalue weighted by molar-refractivity contribution is 5.58. The Hall–Kier alpha value is -1.65. The third-order valence-electron chi connectivity index (χ3n) is 4.44. The third-order valence-corrected chi connectivity index (χ3v) is 4.44. The molecule has 4 heteroatoms. The molecule has 0 unspecified atom stereocenters. The number of piperidine rings is 1. The highest BCUT2D eigenvalue weighted by atomic mass is 16.5. The lowest BCUT2D eigenvalue weighted by Gasteiger charge is -2.31. The number of aryl methyl sites for hydroxylation is 2. The molecule has 0 spiro atoms. The minimum Gasteiger partial charge on any atom is -0.441 e. The maximum atomic E-state index is 5.91. The van der Waals surface area contributed by atoms with Crippen molar-refractivity contribution in [2.75, 3.05) is 20.2 Å². The van der Waals surface area contributed by atoms with Crippen LogP contribution in [0.5, 0.6) is 0 Å². The van der Waals surface area contributed by atoms with Crippen molar-refractivity contribution in [1.82, 2.24) is 9.88 Å². The lowest BCUT2D eigenvalue weighted by Crippen LogP contribution is -2.38. The van der Waals surface area contributed by atoms with Gasteiger partial charge in [-0.2, -0.15) is 0 Å². The molecule has 1 aromatic heterocycles. The molecule has 1 aliphatic heterocycles. The number of hydrogen-bond acceptors (Lipinski definition) is 4. The van der Waals surface area contributed by atoms with Gasteiger partial charge in [0, 0.05) is 25.8 Å². The van der Waals surface area contributed by atoms with Crippen LogP contribution < -0.4 is 0 Å². The molecule has 3 rings (SSSR count). The molecule has 0 aliphatic carbocycles. The van der Waals surface area contributed by atoms with Crippen molar-refractivity contribution < 1.29 is 9.15 Å². The molecule has 1 atom stereocenters. The third kappa shape index (κ3) is 3.23. The zero-order valence-corrected chi connectivity index (χ0v) is 13.6. The minimum absolute atomic E-state index is 0.344. The fraction of sp³-hybridized carbons (Fsp3) is 0.500. The van der Waals surface area contributed by atoms with Crippen molar-refractivity contribution in [2.24, 2.45) is 0 Å². The van der Waals surface area contributed by atoms with Gasteiger partial charge in [0.05, 0.1) is 11.8 Å². The highest BCUT2D eigenvalue weighted by Crippen LogP contribution is 2.26. The summed E-state index contributed by atoms with van der Waals surface area (Å²) >= 11 is 0. The van der Waals surface area contributed by atoms with E-state index in [1.165, 1.54) is 12.0 Å². The van der Waals surface area contributed by atoms with Crippen LogP contribution in [0, 0.1) is 13.8 Å². The summed E-state index contributed by atoms with van der Waals surface area (Å²) in [5.74, 6) is 1.64.